The third kappa shape index (κ3) is 3.75. The van der Waals surface area contributed by atoms with E-state index in [0.717, 1.165) is 22.0 Å². The molecule has 0 saturated heterocycles. The Bertz CT molecular complexity index is 1020. The second-order valence-electron chi connectivity index (χ2n) is 5.90. The van der Waals surface area contributed by atoms with Gasteiger partial charge in [-0.25, -0.2) is 17.2 Å². The van der Waals surface area contributed by atoms with Crippen LogP contribution in [0.2, 0.25) is 0 Å². The summed E-state index contributed by atoms with van der Waals surface area (Å²) < 4.78 is 54.7. The van der Waals surface area contributed by atoms with Crippen LogP contribution in [0.1, 0.15) is 11.1 Å². The highest BCUT2D eigenvalue weighted by molar-refractivity contribution is 7.92. The Kier molecular flexibility index (Phi) is 5.04. The number of sulfonamides is 1. The number of nitrogens with zero attached hydrogens (tertiary/aromatic N) is 1. The number of benzene rings is 3. The lowest BCUT2D eigenvalue weighted by atomic mass is 10.2. The maximum atomic E-state index is 14.1. The van der Waals surface area contributed by atoms with Crippen LogP contribution < -0.4 is 4.31 Å². The summed E-state index contributed by atoms with van der Waals surface area (Å²) in [5, 5.41) is 0. The molecule has 0 aliphatic rings. The third-order valence-electron chi connectivity index (χ3n) is 3.96. The van der Waals surface area contributed by atoms with Gasteiger partial charge in [-0.1, -0.05) is 30.3 Å². The monoisotopic (exact) mass is 373 g/mol. The quantitative estimate of drug-likeness (QED) is 0.652. The number of halogens is 2. The van der Waals surface area contributed by atoms with Crippen molar-refractivity contribution in [2.45, 2.75) is 18.4 Å². The minimum atomic E-state index is -4.00. The number of hydrogen-bond acceptors (Lipinski definition) is 2. The molecule has 0 fully saturated rings. The molecule has 0 amide bonds. The molecule has 0 aliphatic carbocycles. The van der Waals surface area contributed by atoms with E-state index in [1.54, 1.807) is 30.3 Å². The van der Waals surface area contributed by atoms with Crippen LogP contribution in [0.15, 0.2) is 77.7 Å². The molecule has 3 aromatic carbocycles. The second kappa shape index (κ2) is 7.25. The molecule has 0 heterocycles. The Morgan fingerprint density at radius 1 is 0.885 bits per heavy atom. The van der Waals surface area contributed by atoms with Crippen molar-refractivity contribution in [3.63, 3.8) is 0 Å². The molecule has 3 nitrogen and oxygen atoms in total. The third-order valence-corrected chi connectivity index (χ3v) is 5.75. The van der Waals surface area contributed by atoms with Gasteiger partial charge in [-0.15, -0.1) is 0 Å². The molecule has 0 atom stereocenters. The molecular weight excluding hydrogens is 356 g/mol. The molecule has 6 heteroatoms. The van der Waals surface area contributed by atoms with E-state index in [1.165, 1.54) is 24.3 Å². The SMILES string of the molecule is Cc1cccc(N(Cc2ccccc2F)S(=O)(=O)c2ccc(F)cc2)c1. The first-order valence-electron chi connectivity index (χ1n) is 7.96. The van der Waals surface area contributed by atoms with Crippen LogP contribution in [-0.2, 0) is 16.6 Å². The van der Waals surface area contributed by atoms with E-state index in [2.05, 4.69) is 0 Å². The largest absolute Gasteiger partial charge is 0.264 e. The highest BCUT2D eigenvalue weighted by Crippen LogP contribution is 2.27. The number of rotatable bonds is 5. The van der Waals surface area contributed by atoms with Gasteiger partial charge in [0, 0.05) is 5.56 Å². The molecule has 0 aliphatic heterocycles. The van der Waals surface area contributed by atoms with E-state index < -0.39 is 21.7 Å². The summed E-state index contributed by atoms with van der Waals surface area (Å²) >= 11 is 0. The lowest BCUT2D eigenvalue weighted by molar-refractivity contribution is 0.584. The van der Waals surface area contributed by atoms with Gasteiger partial charge in [-0.05, 0) is 55.0 Å². The van der Waals surface area contributed by atoms with E-state index in [-0.39, 0.29) is 17.0 Å². The van der Waals surface area contributed by atoms with Crippen molar-refractivity contribution in [3.05, 3.63) is 95.6 Å². The van der Waals surface area contributed by atoms with Crippen LogP contribution in [0.4, 0.5) is 14.5 Å². The topological polar surface area (TPSA) is 37.4 Å². The predicted octanol–water partition coefficient (Wildman–Crippen LogP) is 4.67. The maximum Gasteiger partial charge on any atom is 0.264 e. The summed E-state index contributed by atoms with van der Waals surface area (Å²) in [7, 11) is -4.00. The fraction of sp³-hybridized carbons (Fsp3) is 0.100. The van der Waals surface area contributed by atoms with Gasteiger partial charge in [-0.3, -0.25) is 4.31 Å². The molecule has 3 rings (SSSR count). The summed E-state index contributed by atoms with van der Waals surface area (Å²) in [6.45, 7) is 1.67. The fourth-order valence-corrected chi connectivity index (χ4v) is 4.05. The summed E-state index contributed by atoms with van der Waals surface area (Å²) in [6, 6.07) is 17.5. The average molecular weight is 373 g/mol. The molecule has 0 spiro atoms. The van der Waals surface area contributed by atoms with Gasteiger partial charge < -0.3 is 0 Å². The molecule has 0 saturated carbocycles. The van der Waals surface area contributed by atoms with E-state index in [0.29, 0.717) is 5.69 Å². The molecular formula is C20H17F2NO2S. The molecule has 0 N–H and O–H groups in total. The number of aryl methyl sites for hydroxylation is 1. The first-order valence-corrected chi connectivity index (χ1v) is 9.40. The Hall–Kier alpha value is -2.73. The van der Waals surface area contributed by atoms with Crippen molar-refractivity contribution in [1.82, 2.24) is 0 Å². The molecule has 3 aromatic rings. The average Bonchev–Trinajstić information content (AvgIpc) is 2.61. The van der Waals surface area contributed by atoms with Crippen LogP contribution >= 0.6 is 0 Å². The summed E-state index contributed by atoms with van der Waals surface area (Å²) in [4.78, 5) is -0.0586. The number of anilines is 1. The molecule has 0 unspecified atom stereocenters. The lowest BCUT2D eigenvalue weighted by Gasteiger charge is -2.25. The van der Waals surface area contributed by atoms with E-state index in [9.17, 15) is 17.2 Å². The van der Waals surface area contributed by atoms with Gasteiger partial charge >= 0.3 is 0 Å². The summed E-state index contributed by atoms with van der Waals surface area (Å²) in [6.07, 6.45) is 0. The Morgan fingerprint density at radius 3 is 2.23 bits per heavy atom. The van der Waals surface area contributed by atoms with Crippen LogP contribution in [0.25, 0.3) is 0 Å². The Balaban J connectivity index is 2.11. The smallest absolute Gasteiger partial charge is 0.262 e. The number of hydrogen-bond donors (Lipinski definition) is 0. The molecule has 0 aromatic heterocycles. The van der Waals surface area contributed by atoms with Gasteiger partial charge in [-0.2, -0.15) is 0 Å². The highest BCUT2D eigenvalue weighted by Gasteiger charge is 2.26. The zero-order valence-electron chi connectivity index (χ0n) is 14.1. The minimum absolute atomic E-state index is 0.0586. The Labute approximate surface area is 151 Å². The predicted molar refractivity (Wildman–Crippen MR) is 97.3 cm³/mol. The van der Waals surface area contributed by atoms with Crippen LogP contribution in [-0.4, -0.2) is 8.42 Å². The highest BCUT2D eigenvalue weighted by atomic mass is 32.2. The van der Waals surface area contributed by atoms with Crippen molar-refractivity contribution in [2.75, 3.05) is 4.31 Å². The molecule has 134 valence electrons. The minimum Gasteiger partial charge on any atom is -0.262 e. The maximum absolute atomic E-state index is 14.1. The van der Waals surface area contributed by atoms with Crippen molar-refractivity contribution in [3.8, 4) is 0 Å². The van der Waals surface area contributed by atoms with Gasteiger partial charge in [0.1, 0.15) is 11.6 Å². The van der Waals surface area contributed by atoms with Crippen LogP contribution in [0.3, 0.4) is 0 Å². The molecule has 0 bridgehead atoms. The summed E-state index contributed by atoms with van der Waals surface area (Å²) in [5.41, 5.74) is 1.53. The first-order chi connectivity index (χ1) is 12.4. The first kappa shape index (κ1) is 18.1. The van der Waals surface area contributed by atoms with E-state index >= 15 is 0 Å². The molecule has 0 radical (unpaired) electrons. The zero-order valence-corrected chi connectivity index (χ0v) is 14.9. The van der Waals surface area contributed by atoms with Gasteiger partial charge in [0.25, 0.3) is 10.0 Å². The van der Waals surface area contributed by atoms with Gasteiger partial charge in [0.2, 0.25) is 0 Å². The Morgan fingerprint density at radius 2 is 1.58 bits per heavy atom. The van der Waals surface area contributed by atoms with Crippen molar-refractivity contribution in [2.24, 2.45) is 0 Å². The van der Waals surface area contributed by atoms with E-state index in [4.69, 9.17) is 0 Å². The van der Waals surface area contributed by atoms with Gasteiger partial charge in [0.15, 0.2) is 0 Å². The standard InChI is InChI=1S/C20H17F2NO2S/c1-15-5-4-7-18(13-15)23(14-16-6-2-3-8-20(16)22)26(24,25)19-11-9-17(21)10-12-19/h2-13H,14H2,1H3. The summed E-state index contributed by atoms with van der Waals surface area (Å²) in [5.74, 6) is -1.01. The van der Waals surface area contributed by atoms with Gasteiger partial charge in [0.05, 0.1) is 17.1 Å². The zero-order chi connectivity index (χ0) is 18.7. The normalized spacial score (nSPS) is 11.3. The second-order valence-corrected chi connectivity index (χ2v) is 7.76. The lowest BCUT2D eigenvalue weighted by Crippen LogP contribution is -2.31. The fourth-order valence-electron chi connectivity index (χ4n) is 2.61. The van der Waals surface area contributed by atoms with Crippen molar-refractivity contribution >= 4 is 15.7 Å². The van der Waals surface area contributed by atoms with Crippen LogP contribution in [0, 0.1) is 18.6 Å². The van der Waals surface area contributed by atoms with Crippen LogP contribution in [0.5, 0.6) is 0 Å². The molecule has 26 heavy (non-hydrogen) atoms. The van der Waals surface area contributed by atoms with E-state index in [1.807, 2.05) is 13.0 Å². The van der Waals surface area contributed by atoms with Crippen molar-refractivity contribution < 1.29 is 17.2 Å². The van der Waals surface area contributed by atoms with Crippen molar-refractivity contribution in [1.29, 1.82) is 0 Å².